The van der Waals surface area contributed by atoms with Crippen molar-refractivity contribution in [2.24, 2.45) is 0 Å². The first kappa shape index (κ1) is 18.2. The molecular weight excluding hydrogens is 340 g/mol. The van der Waals surface area contributed by atoms with E-state index in [1.54, 1.807) is 24.3 Å². The first-order valence-electron chi connectivity index (χ1n) is 8.65. The largest absolute Gasteiger partial charge is 0.361 e. The van der Waals surface area contributed by atoms with Crippen LogP contribution in [0.2, 0.25) is 0 Å². The van der Waals surface area contributed by atoms with Gasteiger partial charge in [-0.15, -0.1) is 0 Å². The van der Waals surface area contributed by atoms with Crippen molar-refractivity contribution in [1.29, 1.82) is 5.26 Å². The third kappa shape index (κ3) is 4.53. The lowest BCUT2D eigenvalue weighted by molar-refractivity contribution is -0.128. The number of para-hydroxylation sites is 1. The lowest BCUT2D eigenvalue weighted by atomic mass is 10.0. The third-order valence-corrected chi connectivity index (χ3v) is 4.34. The molecule has 0 spiro atoms. The van der Waals surface area contributed by atoms with E-state index in [0.717, 1.165) is 22.0 Å². The predicted octanol–water partition coefficient (Wildman–Crippen LogP) is 2.40. The molecule has 0 saturated heterocycles. The Labute approximate surface area is 157 Å². The summed E-state index contributed by atoms with van der Waals surface area (Å²) in [5.74, 6) is -0.506. The highest BCUT2D eigenvalue weighted by Crippen LogP contribution is 2.19. The van der Waals surface area contributed by atoms with Crippen LogP contribution < -0.4 is 10.6 Å². The van der Waals surface area contributed by atoms with Gasteiger partial charge in [-0.3, -0.25) is 9.59 Å². The van der Waals surface area contributed by atoms with Crippen LogP contribution in [0.3, 0.4) is 0 Å². The minimum Gasteiger partial charge on any atom is -0.361 e. The summed E-state index contributed by atoms with van der Waals surface area (Å²) in [6, 6.07) is 16.2. The summed E-state index contributed by atoms with van der Waals surface area (Å²) in [4.78, 5) is 27.4. The van der Waals surface area contributed by atoms with Crippen LogP contribution in [0.5, 0.6) is 0 Å². The van der Waals surface area contributed by atoms with Gasteiger partial charge in [-0.1, -0.05) is 30.3 Å². The van der Waals surface area contributed by atoms with E-state index in [2.05, 4.69) is 21.7 Å². The number of aromatic amines is 1. The summed E-state index contributed by atoms with van der Waals surface area (Å²) in [7, 11) is 0. The Morgan fingerprint density at radius 3 is 2.59 bits per heavy atom. The van der Waals surface area contributed by atoms with E-state index in [4.69, 9.17) is 5.26 Å². The van der Waals surface area contributed by atoms with Gasteiger partial charge in [0.1, 0.15) is 6.04 Å². The fourth-order valence-electron chi connectivity index (χ4n) is 2.98. The van der Waals surface area contributed by atoms with Crippen LogP contribution in [-0.2, 0) is 22.6 Å². The number of benzene rings is 2. The number of amides is 2. The number of hydrogen-bond acceptors (Lipinski definition) is 3. The summed E-state index contributed by atoms with van der Waals surface area (Å²) in [6.07, 6.45) is 2.26. The van der Waals surface area contributed by atoms with Crippen molar-refractivity contribution < 1.29 is 9.59 Å². The number of H-pyrrole nitrogens is 1. The molecule has 136 valence electrons. The second-order valence-electron chi connectivity index (χ2n) is 6.34. The van der Waals surface area contributed by atoms with E-state index in [0.29, 0.717) is 18.5 Å². The van der Waals surface area contributed by atoms with Gasteiger partial charge in [0.25, 0.3) is 0 Å². The highest BCUT2D eigenvalue weighted by molar-refractivity contribution is 5.89. The zero-order valence-corrected chi connectivity index (χ0v) is 15.0. The molecule has 0 aliphatic carbocycles. The molecule has 0 aliphatic heterocycles. The van der Waals surface area contributed by atoms with Crippen molar-refractivity contribution in [3.05, 3.63) is 71.4 Å². The topological polar surface area (TPSA) is 97.8 Å². The molecule has 1 aromatic heterocycles. The van der Waals surface area contributed by atoms with Crippen LogP contribution >= 0.6 is 0 Å². The van der Waals surface area contributed by atoms with Gasteiger partial charge in [-0.2, -0.15) is 5.26 Å². The summed E-state index contributed by atoms with van der Waals surface area (Å²) in [5.41, 5.74) is 3.42. The Morgan fingerprint density at radius 2 is 1.89 bits per heavy atom. The first-order valence-corrected chi connectivity index (χ1v) is 8.65. The lowest BCUT2D eigenvalue weighted by Crippen LogP contribution is -2.47. The predicted molar refractivity (Wildman–Crippen MR) is 103 cm³/mol. The van der Waals surface area contributed by atoms with Gasteiger partial charge in [0.05, 0.1) is 11.6 Å². The second kappa shape index (κ2) is 8.19. The van der Waals surface area contributed by atoms with Crippen molar-refractivity contribution in [1.82, 2.24) is 15.6 Å². The van der Waals surface area contributed by atoms with Gasteiger partial charge in [0.15, 0.2) is 0 Å². The summed E-state index contributed by atoms with van der Waals surface area (Å²) in [6.45, 7) is 1.73. The Hall–Kier alpha value is -3.59. The number of nitriles is 1. The fraction of sp³-hybridized carbons (Fsp3) is 0.190. The lowest BCUT2D eigenvalue weighted by Gasteiger charge is -2.17. The summed E-state index contributed by atoms with van der Waals surface area (Å²) < 4.78 is 0. The first-order chi connectivity index (χ1) is 13.1. The summed E-state index contributed by atoms with van der Waals surface area (Å²) in [5, 5.41) is 15.5. The maximum atomic E-state index is 12.6. The van der Waals surface area contributed by atoms with Crippen molar-refractivity contribution in [2.75, 3.05) is 0 Å². The fourth-order valence-corrected chi connectivity index (χ4v) is 2.98. The van der Waals surface area contributed by atoms with Crippen molar-refractivity contribution in [2.45, 2.75) is 25.9 Å². The van der Waals surface area contributed by atoms with E-state index >= 15 is 0 Å². The molecule has 2 amide bonds. The molecule has 3 aromatic rings. The number of rotatable bonds is 6. The van der Waals surface area contributed by atoms with Crippen LogP contribution in [0.1, 0.15) is 23.6 Å². The Kier molecular flexibility index (Phi) is 5.53. The molecule has 1 heterocycles. The number of fused-ring (bicyclic) bond motifs is 1. The quantitative estimate of drug-likeness (QED) is 0.629. The number of hydrogen-bond donors (Lipinski definition) is 3. The molecule has 0 saturated carbocycles. The van der Waals surface area contributed by atoms with Crippen molar-refractivity contribution >= 4 is 22.7 Å². The maximum Gasteiger partial charge on any atom is 0.243 e. The van der Waals surface area contributed by atoms with Gasteiger partial charge < -0.3 is 15.6 Å². The van der Waals surface area contributed by atoms with E-state index < -0.39 is 6.04 Å². The molecule has 0 fully saturated rings. The highest BCUT2D eigenvalue weighted by Gasteiger charge is 2.21. The smallest absolute Gasteiger partial charge is 0.243 e. The Bertz CT molecular complexity index is 999. The molecule has 6 nitrogen and oxygen atoms in total. The standard InChI is InChI=1S/C21H20N4O2/c1-14(26)25-20(10-17-13-23-19-5-3-2-4-18(17)19)21(27)24-12-16-8-6-15(11-22)7-9-16/h2-9,13,20,23H,10,12H2,1H3,(H,24,27)(H,25,26). The van der Waals surface area contributed by atoms with Crippen LogP contribution in [-0.4, -0.2) is 22.8 Å². The number of carbonyl (C=O) groups excluding carboxylic acids is 2. The molecule has 6 heteroatoms. The number of carbonyl (C=O) groups is 2. The number of aromatic nitrogens is 1. The van der Waals surface area contributed by atoms with E-state index in [1.807, 2.05) is 30.5 Å². The molecule has 27 heavy (non-hydrogen) atoms. The molecule has 3 rings (SSSR count). The van der Waals surface area contributed by atoms with Crippen LogP contribution in [0, 0.1) is 11.3 Å². The van der Waals surface area contributed by atoms with Gasteiger partial charge in [0, 0.05) is 37.0 Å². The maximum absolute atomic E-state index is 12.6. The molecular formula is C21H20N4O2. The average molecular weight is 360 g/mol. The molecule has 1 unspecified atom stereocenters. The zero-order chi connectivity index (χ0) is 19.2. The summed E-state index contributed by atoms with van der Waals surface area (Å²) >= 11 is 0. The third-order valence-electron chi connectivity index (χ3n) is 4.34. The normalized spacial score (nSPS) is 11.6. The monoisotopic (exact) mass is 360 g/mol. The Morgan fingerprint density at radius 1 is 1.15 bits per heavy atom. The van der Waals surface area contributed by atoms with Gasteiger partial charge in [0.2, 0.25) is 11.8 Å². The molecule has 2 aromatic carbocycles. The van der Waals surface area contributed by atoms with Crippen molar-refractivity contribution in [3.63, 3.8) is 0 Å². The zero-order valence-electron chi connectivity index (χ0n) is 15.0. The van der Waals surface area contributed by atoms with E-state index in [-0.39, 0.29) is 11.8 Å². The van der Waals surface area contributed by atoms with Gasteiger partial charge in [-0.25, -0.2) is 0 Å². The molecule has 0 aliphatic rings. The average Bonchev–Trinajstić information content (AvgIpc) is 3.08. The number of nitrogens with one attached hydrogen (secondary N) is 3. The minimum absolute atomic E-state index is 0.250. The van der Waals surface area contributed by atoms with Crippen LogP contribution in [0.15, 0.2) is 54.7 Å². The molecule has 0 radical (unpaired) electrons. The second-order valence-corrected chi connectivity index (χ2v) is 6.34. The number of nitrogens with zero attached hydrogens (tertiary/aromatic N) is 1. The van der Waals surface area contributed by atoms with E-state index in [9.17, 15) is 9.59 Å². The SMILES string of the molecule is CC(=O)NC(Cc1c[nH]c2ccccc12)C(=O)NCc1ccc(C#N)cc1. The van der Waals surface area contributed by atoms with E-state index in [1.165, 1.54) is 6.92 Å². The molecule has 1 atom stereocenters. The van der Waals surface area contributed by atoms with Gasteiger partial charge >= 0.3 is 0 Å². The van der Waals surface area contributed by atoms with Crippen LogP contribution in [0.4, 0.5) is 0 Å². The molecule has 3 N–H and O–H groups in total. The van der Waals surface area contributed by atoms with Gasteiger partial charge in [-0.05, 0) is 29.3 Å². The van der Waals surface area contributed by atoms with Crippen molar-refractivity contribution in [3.8, 4) is 6.07 Å². The minimum atomic E-state index is -0.667. The molecule has 0 bridgehead atoms. The van der Waals surface area contributed by atoms with Crippen LogP contribution in [0.25, 0.3) is 10.9 Å². The highest BCUT2D eigenvalue weighted by atomic mass is 16.2. The Balaban J connectivity index is 1.70.